The molecule has 3 N–H and O–H groups in total. The molecule has 0 saturated heterocycles. The Kier molecular flexibility index (Phi) is 6.91. The van der Waals surface area contributed by atoms with Crippen LogP contribution in [0.2, 0.25) is 0 Å². The van der Waals surface area contributed by atoms with Crippen LogP contribution in [-0.2, 0) is 10.0 Å². The van der Waals surface area contributed by atoms with E-state index in [0.29, 0.717) is 6.42 Å². The molecule has 0 aliphatic carbocycles. The maximum Gasteiger partial charge on any atom is 0.272 e. The predicted molar refractivity (Wildman–Crippen MR) is 85.2 cm³/mol. The van der Waals surface area contributed by atoms with Gasteiger partial charge in [0.15, 0.2) is 0 Å². The zero-order valence-corrected chi connectivity index (χ0v) is 14.4. The zero-order valence-electron chi connectivity index (χ0n) is 13.6. The molecule has 8 heteroatoms. The monoisotopic (exact) mass is 350 g/mol. The van der Waals surface area contributed by atoms with E-state index >= 15 is 0 Å². The second-order valence-electron chi connectivity index (χ2n) is 6.14. The number of benzene rings is 1. The third-order valence-corrected chi connectivity index (χ3v) is 4.85. The first-order valence-electron chi connectivity index (χ1n) is 7.33. The molecule has 0 bridgehead atoms. The van der Waals surface area contributed by atoms with Crippen LogP contribution in [0, 0.1) is 5.92 Å². The molecule has 0 radical (unpaired) electrons. The Labute approximate surface area is 136 Å². The summed E-state index contributed by atoms with van der Waals surface area (Å²) in [6.07, 6.45) is -1.99. The third kappa shape index (κ3) is 6.40. The summed E-state index contributed by atoms with van der Waals surface area (Å²) in [5.74, 6) is 0.462. The molecule has 1 rings (SSSR count). The van der Waals surface area contributed by atoms with Gasteiger partial charge in [-0.25, -0.2) is 21.9 Å². The van der Waals surface area contributed by atoms with Crippen molar-refractivity contribution in [1.82, 2.24) is 4.72 Å². The summed E-state index contributed by atoms with van der Waals surface area (Å²) in [4.78, 5) is 0.0327. The standard InChI is InChI=1S/C15H24F2N2O3S/c1-11(2)8-15(3,10-18)19-23(20,21)13-6-4-12(5-7-13)22-9-14(16)17/h4-7,11,14,19H,8-10,18H2,1-3H3. The van der Waals surface area contributed by atoms with Crippen LogP contribution in [0.15, 0.2) is 29.2 Å². The first kappa shape index (κ1) is 19.8. The van der Waals surface area contributed by atoms with Gasteiger partial charge in [-0.3, -0.25) is 0 Å². The van der Waals surface area contributed by atoms with Gasteiger partial charge < -0.3 is 10.5 Å². The molecule has 0 aliphatic heterocycles. The average molecular weight is 350 g/mol. The van der Waals surface area contributed by atoms with Crippen molar-refractivity contribution < 1.29 is 21.9 Å². The van der Waals surface area contributed by atoms with Crippen LogP contribution in [0.1, 0.15) is 27.2 Å². The highest BCUT2D eigenvalue weighted by Crippen LogP contribution is 2.21. The van der Waals surface area contributed by atoms with Gasteiger partial charge in [0, 0.05) is 12.1 Å². The van der Waals surface area contributed by atoms with Gasteiger partial charge >= 0.3 is 0 Å². The molecule has 1 aromatic carbocycles. The molecule has 1 unspecified atom stereocenters. The van der Waals surface area contributed by atoms with Crippen molar-refractivity contribution in [2.45, 2.75) is 44.1 Å². The van der Waals surface area contributed by atoms with Gasteiger partial charge in [0.05, 0.1) is 4.90 Å². The van der Waals surface area contributed by atoms with Gasteiger partial charge in [-0.1, -0.05) is 13.8 Å². The largest absolute Gasteiger partial charge is 0.488 e. The summed E-state index contributed by atoms with van der Waals surface area (Å²) in [5.41, 5.74) is 4.96. The Morgan fingerprint density at radius 1 is 1.26 bits per heavy atom. The van der Waals surface area contributed by atoms with Crippen LogP contribution in [0.3, 0.4) is 0 Å². The van der Waals surface area contributed by atoms with Crippen molar-refractivity contribution in [3.63, 3.8) is 0 Å². The molecule has 0 saturated carbocycles. The maximum atomic E-state index is 12.4. The average Bonchev–Trinajstić information content (AvgIpc) is 2.44. The van der Waals surface area contributed by atoms with Gasteiger partial charge in [-0.2, -0.15) is 0 Å². The zero-order chi connectivity index (χ0) is 17.7. The van der Waals surface area contributed by atoms with E-state index < -0.39 is 28.6 Å². The highest BCUT2D eigenvalue weighted by molar-refractivity contribution is 7.89. The van der Waals surface area contributed by atoms with Crippen molar-refractivity contribution >= 4 is 10.0 Å². The Morgan fingerprint density at radius 3 is 2.26 bits per heavy atom. The van der Waals surface area contributed by atoms with E-state index in [1.807, 2.05) is 13.8 Å². The number of hydrogen-bond donors (Lipinski definition) is 2. The van der Waals surface area contributed by atoms with E-state index in [-0.39, 0.29) is 23.1 Å². The van der Waals surface area contributed by atoms with Gasteiger partial charge in [-0.15, -0.1) is 0 Å². The van der Waals surface area contributed by atoms with Crippen LogP contribution in [0.4, 0.5) is 8.78 Å². The summed E-state index contributed by atoms with van der Waals surface area (Å²) < 4.78 is 56.5. The molecule has 0 spiro atoms. The number of alkyl halides is 2. The van der Waals surface area contributed by atoms with E-state index in [4.69, 9.17) is 10.5 Å². The van der Waals surface area contributed by atoms with Gasteiger partial charge in [0.25, 0.3) is 6.43 Å². The molecular weight excluding hydrogens is 326 g/mol. The highest BCUT2D eigenvalue weighted by atomic mass is 32.2. The lowest BCUT2D eigenvalue weighted by atomic mass is 9.92. The minimum absolute atomic E-state index is 0.0327. The van der Waals surface area contributed by atoms with Crippen molar-refractivity contribution in [2.75, 3.05) is 13.2 Å². The summed E-state index contributed by atoms with van der Waals surface area (Å²) in [6, 6.07) is 5.32. The Morgan fingerprint density at radius 2 is 1.83 bits per heavy atom. The van der Waals surface area contributed by atoms with E-state index in [0.717, 1.165) is 0 Å². The first-order valence-corrected chi connectivity index (χ1v) is 8.81. The number of rotatable bonds is 9. The number of halogens is 2. The van der Waals surface area contributed by atoms with E-state index in [1.54, 1.807) is 6.92 Å². The number of hydrogen-bond acceptors (Lipinski definition) is 4. The lowest BCUT2D eigenvalue weighted by Crippen LogP contribution is -2.51. The SMILES string of the molecule is CC(C)CC(C)(CN)NS(=O)(=O)c1ccc(OCC(F)F)cc1. The van der Waals surface area contributed by atoms with E-state index in [2.05, 4.69) is 4.72 Å². The van der Waals surface area contributed by atoms with E-state index in [1.165, 1.54) is 24.3 Å². The molecular formula is C15H24F2N2O3S. The highest BCUT2D eigenvalue weighted by Gasteiger charge is 2.30. The summed E-state index contributed by atoms with van der Waals surface area (Å²) in [6.45, 7) is 5.16. The Balaban J connectivity index is 2.87. The molecule has 1 aromatic rings. The summed E-state index contributed by atoms with van der Waals surface area (Å²) >= 11 is 0. The number of nitrogens with two attached hydrogens (primary N) is 1. The molecule has 1 atom stereocenters. The van der Waals surface area contributed by atoms with Crippen LogP contribution in [0.5, 0.6) is 5.75 Å². The van der Waals surface area contributed by atoms with Gasteiger partial charge in [0.2, 0.25) is 10.0 Å². The fourth-order valence-corrected chi connectivity index (χ4v) is 3.75. The third-order valence-electron chi connectivity index (χ3n) is 3.20. The molecule has 0 heterocycles. The lowest BCUT2D eigenvalue weighted by molar-refractivity contribution is 0.0819. The van der Waals surface area contributed by atoms with Crippen molar-refractivity contribution in [1.29, 1.82) is 0 Å². The summed E-state index contributed by atoms with van der Waals surface area (Å²) in [5, 5.41) is 0. The molecule has 132 valence electrons. The van der Waals surface area contributed by atoms with Crippen LogP contribution >= 0.6 is 0 Å². The van der Waals surface area contributed by atoms with Crippen molar-refractivity contribution in [3.05, 3.63) is 24.3 Å². The molecule has 0 amide bonds. The second kappa shape index (κ2) is 8.03. The molecule has 23 heavy (non-hydrogen) atoms. The van der Waals surface area contributed by atoms with Gasteiger partial charge in [-0.05, 0) is 43.5 Å². The van der Waals surface area contributed by atoms with Crippen molar-refractivity contribution in [2.24, 2.45) is 11.7 Å². The predicted octanol–water partition coefficient (Wildman–Crippen LogP) is 2.37. The normalized spacial score (nSPS) is 15.0. The number of ether oxygens (including phenoxy) is 1. The van der Waals surface area contributed by atoms with Crippen LogP contribution in [0.25, 0.3) is 0 Å². The molecule has 5 nitrogen and oxygen atoms in total. The van der Waals surface area contributed by atoms with Gasteiger partial charge in [0.1, 0.15) is 12.4 Å². The maximum absolute atomic E-state index is 12.4. The topological polar surface area (TPSA) is 81.4 Å². The number of sulfonamides is 1. The Hall–Kier alpha value is -1.25. The second-order valence-corrected chi connectivity index (χ2v) is 7.82. The van der Waals surface area contributed by atoms with Crippen molar-refractivity contribution in [3.8, 4) is 5.75 Å². The van der Waals surface area contributed by atoms with E-state index in [9.17, 15) is 17.2 Å². The summed E-state index contributed by atoms with van der Waals surface area (Å²) in [7, 11) is -3.76. The first-order chi connectivity index (χ1) is 10.6. The molecule has 0 aromatic heterocycles. The van der Waals surface area contributed by atoms with Crippen LogP contribution < -0.4 is 15.2 Å². The van der Waals surface area contributed by atoms with Crippen LogP contribution in [-0.4, -0.2) is 33.5 Å². The fraction of sp³-hybridized carbons (Fsp3) is 0.600. The smallest absolute Gasteiger partial charge is 0.272 e. The Bertz CT molecular complexity index is 591. The lowest BCUT2D eigenvalue weighted by Gasteiger charge is -2.30. The minimum Gasteiger partial charge on any atom is -0.488 e. The number of nitrogens with one attached hydrogen (secondary N) is 1. The minimum atomic E-state index is -3.76. The fourth-order valence-electron chi connectivity index (χ4n) is 2.33. The molecule has 0 fully saturated rings. The molecule has 0 aliphatic rings. The quantitative estimate of drug-likeness (QED) is 0.716.